The lowest BCUT2D eigenvalue weighted by Crippen LogP contribution is -2.28. The van der Waals surface area contributed by atoms with Crippen molar-refractivity contribution >= 4 is 0 Å². The first kappa shape index (κ1) is 15.2. The highest BCUT2D eigenvalue weighted by Crippen LogP contribution is 2.27. The molecule has 1 heterocycles. The van der Waals surface area contributed by atoms with Crippen LogP contribution in [-0.4, -0.2) is 19.3 Å². The van der Waals surface area contributed by atoms with Gasteiger partial charge in [0.05, 0.1) is 19.3 Å². The zero-order valence-electron chi connectivity index (χ0n) is 12.7. The second-order valence-electron chi connectivity index (χ2n) is 5.49. The highest BCUT2D eigenvalue weighted by atomic mass is 16.7. The van der Waals surface area contributed by atoms with Gasteiger partial charge >= 0.3 is 0 Å². The van der Waals surface area contributed by atoms with E-state index in [1.54, 1.807) is 0 Å². The van der Waals surface area contributed by atoms with Crippen LogP contribution in [0.15, 0.2) is 60.7 Å². The Kier molecular flexibility index (Phi) is 5.59. The summed E-state index contributed by atoms with van der Waals surface area (Å²) >= 11 is 0. The third-order valence-corrected chi connectivity index (χ3v) is 3.79. The SMILES string of the molecule is c1ccc(COCCC2CCOC(c3ccccc3)O2)cc1. The first-order valence-electron chi connectivity index (χ1n) is 7.85. The van der Waals surface area contributed by atoms with Crippen molar-refractivity contribution < 1.29 is 14.2 Å². The van der Waals surface area contributed by atoms with Crippen LogP contribution in [0.5, 0.6) is 0 Å². The maximum absolute atomic E-state index is 6.02. The van der Waals surface area contributed by atoms with Crippen LogP contribution in [0, 0.1) is 0 Å². The summed E-state index contributed by atoms with van der Waals surface area (Å²) in [6, 6.07) is 20.3. The molecule has 0 aromatic heterocycles. The van der Waals surface area contributed by atoms with E-state index < -0.39 is 0 Å². The van der Waals surface area contributed by atoms with Gasteiger partial charge in [0, 0.05) is 12.2 Å². The standard InChI is InChI=1S/C19H22O3/c1-3-7-16(8-4-1)15-20-13-11-18-12-14-21-19(22-18)17-9-5-2-6-10-17/h1-10,18-19H,11-15H2. The first-order chi connectivity index (χ1) is 10.9. The van der Waals surface area contributed by atoms with E-state index in [-0.39, 0.29) is 12.4 Å². The lowest BCUT2D eigenvalue weighted by Gasteiger charge is -2.30. The van der Waals surface area contributed by atoms with Crippen LogP contribution in [0.4, 0.5) is 0 Å². The number of ether oxygens (including phenoxy) is 3. The Bertz CT molecular complexity index is 541. The molecule has 116 valence electrons. The summed E-state index contributed by atoms with van der Waals surface area (Å²) in [5.74, 6) is 0. The van der Waals surface area contributed by atoms with Crippen LogP contribution >= 0.6 is 0 Å². The fraction of sp³-hybridized carbons (Fsp3) is 0.368. The third-order valence-electron chi connectivity index (χ3n) is 3.79. The summed E-state index contributed by atoms with van der Waals surface area (Å²) in [4.78, 5) is 0. The van der Waals surface area contributed by atoms with Crippen molar-refractivity contribution in [3.8, 4) is 0 Å². The van der Waals surface area contributed by atoms with E-state index in [1.807, 2.05) is 48.5 Å². The van der Waals surface area contributed by atoms with Crippen LogP contribution in [0.2, 0.25) is 0 Å². The van der Waals surface area contributed by atoms with Crippen molar-refractivity contribution in [2.45, 2.75) is 31.8 Å². The molecule has 1 fully saturated rings. The molecule has 1 aliphatic rings. The summed E-state index contributed by atoms with van der Waals surface area (Å²) in [5.41, 5.74) is 2.29. The predicted octanol–water partition coefficient (Wildman–Crippen LogP) is 4.10. The highest BCUT2D eigenvalue weighted by molar-refractivity contribution is 5.16. The summed E-state index contributed by atoms with van der Waals surface area (Å²) < 4.78 is 17.5. The Hall–Kier alpha value is -1.68. The Labute approximate surface area is 131 Å². The van der Waals surface area contributed by atoms with Crippen LogP contribution in [0.3, 0.4) is 0 Å². The molecule has 1 aliphatic heterocycles. The molecule has 2 unspecified atom stereocenters. The minimum absolute atomic E-state index is 0.203. The Balaban J connectivity index is 1.41. The summed E-state index contributed by atoms with van der Waals surface area (Å²) in [6.45, 7) is 2.11. The molecular weight excluding hydrogens is 276 g/mol. The first-order valence-corrected chi connectivity index (χ1v) is 7.85. The summed E-state index contributed by atoms with van der Waals surface area (Å²) in [7, 11) is 0. The number of hydrogen-bond donors (Lipinski definition) is 0. The average molecular weight is 298 g/mol. The van der Waals surface area contributed by atoms with Crippen molar-refractivity contribution in [3.05, 3.63) is 71.8 Å². The van der Waals surface area contributed by atoms with E-state index in [0.717, 1.165) is 25.0 Å². The topological polar surface area (TPSA) is 27.7 Å². The number of rotatable bonds is 6. The molecule has 2 aromatic rings. The Morgan fingerprint density at radius 1 is 0.955 bits per heavy atom. The van der Waals surface area contributed by atoms with E-state index in [2.05, 4.69) is 12.1 Å². The zero-order valence-corrected chi connectivity index (χ0v) is 12.7. The lowest BCUT2D eigenvalue weighted by atomic mass is 10.1. The summed E-state index contributed by atoms with van der Waals surface area (Å²) in [6.07, 6.45) is 1.79. The minimum atomic E-state index is -0.242. The van der Waals surface area contributed by atoms with Gasteiger partial charge in [-0.15, -0.1) is 0 Å². The average Bonchev–Trinajstić information content (AvgIpc) is 2.61. The minimum Gasteiger partial charge on any atom is -0.377 e. The van der Waals surface area contributed by atoms with Gasteiger partial charge in [0.25, 0.3) is 0 Å². The number of hydrogen-bond acceptors (Lipinski definition) is 3. The van der Waals surface area contributed by atoms with Gasteiger partial charge in [-0.2, -0.15) is 0 Å². The van der Waals surface area contributed by atoms with E-state index in [4.69, 9.17) is 14.2 Å². The zero-order chi connectivity index (χ0) is 15.0. The fourth-order valence-corrected chi connectivity index (χ4v) is 2.57. The van der Waals surface area contributed by atoms with Crippen LogP contribution in [-0.2, 0) is 20.8 Å². The van der Waals surface area contributed by atoms with Crippen LogP contribution in [0.1, 0.15) is 30.3 Å². The summed E-state index contributed by atoms with van der Waals surface area (Å²) in [5, 5.41) is 0. The van der Waals surface area contributed by atoms with Crippen LogP contribution < -0.4 is 0 Å². The molecule has 2 atom stereocenters. The molecule has 0 saturated carbocycles. The third kappa shape index (κ3) is 4.41. The van der Waals surface area contributed by atoms with Gasteiger partial charge in [0.1, 0.15) is 0 Å². The lowest BCUT2D eigenvalue weighted by molar-refractivity contribution is -0.220. The molecule has 2 aromatic carbocycles. The molecule has 0 amide bonds. The molecule has 3 heteroatoms. The van der Waals surface area contributed by atoms with E-state index in [1.165, 1.54) is 5.56 Å². The molecule has 0 bridgehead atoms. The van der Waals surface area contributed by atoms with Crippen LogP contribution in [0.25, 0.3) is 0 Å². The van der Waals surface area contributed by atoms with Gasteiger partial charge in [0.15, 0.2) is 6.29 Å². The Morgan fingerprint density at radius 2 is 1.68 bits per heavy atom. The van der Waals surface area contributed by atoms with E-state index >= 15 is 0 Å². The van der Waals surface area contributed by atoms with Gasteiger partial charge < -0.3 is 14.2 Å². The van der Waals surface area contributed by atoms with Gasteiger partial charge in [-0.25, -0.2) is 0 Å². The van der Waals surface area contributed by atoms with Gasteiger partial charge in [-0.1, -0.05) is 60.7 Å². The molecular formula is C19H22O3. The van der Waals surface area contributed by atoms with Gasteiger partial charge in [0.2, 0.25) is 0 Å². The number of benzene rings is 2. The molecule has 3 nitrogen and oxygen atoms in total. The monoisotopic (exact) mass is 298 g/mol. The fourth-order valence-electron chi connectivity index (χ4n) is 2.57. The molecule has 3 rings (SSSR count). The maximum atomic E-state index is 6.02. The van der Waals surface area contributed by atoms with Crippen molar-refractivity contribution in [3.63, 3.8) is 0 Å². The maximum Gasteiger partial charge on any atom is 0.184 e. The van der Waals surface area contributed by atoms with Crippen molar-refractivity contribution in [2.24, 2.45) is 0 Å². The quantitative estimate of drug-likeness (QED) is 0.752. The molecule has 0 N–H and O–H groups in total. The highest BCUT2D eigenvalue weighted by Gasteiger charge is 2.23. The molecule has 1 saturated heterocycles. The smallest absolute Gasteiger partial charge is 0.184 e. The van der Waals surface area contributed by atoms with E-state index in [0.29, 0.717) is 13.2 Å². The second kappa shape index (κ2) is 8.08. The van der Waals surface area contributed by atoms with Crippen molar-refractivity contribution in [1.82, 2.24) is 0 Å². The predicted molar refractivity (Wildman–Crippen MR) is 85.3 cm³/mol. The largest absolute Gasteiger partial charge is 0.377 e. The van der Waals surface area contributed by atoms with E-state index in [9.17, 15) is 0 Å². The molecule has 0 aliphatic carbocycles. The molecule has 0 spiro atoms. The van der Waals surface area contributed by atoms with Gasteiger partial charge in [-0.05, 0) is 18.4 Å². The van der Waals surface area contributed by atoms with Crippen molar-refractivity contribution in [2.75, 3.05) is 13.2 Å². The van der Waals surface area contributed by atoms with Crippen molar-refractivity contribution in [1.29, 1.82) is 0 Å². The molecule has 0 radical (unpaired) electrons. The normalized spacial score (nSPS) is 21.6. The molecule has 22 heavy (non-hydrogen) atoms. The Morgan fingerprint density at radius 3 is 2.45 bits per heavy atom. The second-order valence-corrected chi connectivity index (χ2v) is 5.49. The van der Waals surface area contributed by atoms with Gasteiger partial charge in [-0.3, -0.25) is 0 Å².